The molecule has 1 amide bonds. The first kappa shape index (κ1) is 14.2. The molecular weight excluding hydrogens is 270 g/mol. The van der Waals surface area contributed by atoms with Crippen molar-refractivity contribution in [2.24, 2.45) is 0 Å². The third-order valence-electron chi connectivity index (χ3n) is 4.05. The monoisotopic (exact) mass is 291 g/mol. The number of ether oxygens (including phenoxy) is 2. The van der Waals surface area contributed by atoms with Crippen molar-refractivity contribution >= 4 is 5.91 Å². The number of nitrogens with zero attached hydrogens (tertiary/aromatic N) is 1. The minimum absolute atomic E-state index is 0.0273. The maximum Gasteiger partial charge on any atom is 0.258 e. The van der Waals surface area contributed by atoms with Crippen molar-refractivity contribution in [3.63, 3.8) is 0 Å². The van der Waals surface area contributed by atoms with Crippen LogP contribution in [0.5, 0.6) is 11.5 Å². The van der Waals surface area contributed by atoms with E-state index in [1.807, 2.05) is 17.0 Å². The quantitative estimate of drug-likeness (QED) is 0.923. The van der Waals surface area contributed by atoms with Crippen LogP contribution >= 0.6 is 0 Å². The largest absolute Gasteiger partial charge is 0.486 e. The first-order chi connectivity index (χ1) is 10.2. The maximum atomic E-state index is 12.8. The Hall–Kier alpha value is -1.75. The van der Waals surface area contributed by atoms with Crippen molar-refractivity contribution in [2.45, 2.75) is 38.3 Å². The molecular formula is C16H21NO4. The van der Waals surface area contributed by atoms with E-state index in [-0.39, 0.29) is 11.9 Å². The fraction of sp³-hybridized carbons (Fsp3) is 0.562. The van der Waals surface area contributed by atoms with Crippen LogP contribution in [0.15, 0.2) is 18.2 Å². The molecule has 0 aliphatic carbocycles. The zero-order chi connectivity index (χ0) is 14.8. The summed E-state index contributed by atoms with van der Waals surface area (Å²) in [4.78, 5) is 14.7. The summed E-state index contributed by atoms with van der Waals surface area (Å²) in [5.41, 5.74) is 0.560. The van der Waals surface area contributed by atoms with Gasteiger partial charge in [-0.2, -0.15) is 0 Å². The average Bonchev–Trinajstić information content (AvgIpc) is 2.93. The van der Waals surface area contributed by atoms with E-state index < -0.39 is 6.10 Å². The summed E-state index contributed by atoms with van der Waals surface area (Å²) in [5, 5.41) is 9.59. The minimum Gasteiger partial charge on any atom is -0.486 e. The standard InChI is InChI=1S/C16H21NO4/c1-11(18)10-12-4-3-7-17(12)16(19)13-5-2-6-14-15(13)21-9-8-20-14/h2,5-6,11-12,18H,3-4,7-10H2,1H3. The van der Waals surface area contributed by atoms with Gasteiger partial charge in [-0.05, 0) is 38.3 Å². The number of fused-ring (bicyclic) bond motifs is 1. The number of benzene rings is 1. The lowest BCUT2D eigenvalue weighted by Gasteiger charge is -2.28. The van der Waals surface area contributed by atoms with Gasteiger partial charge < -0.3 is 19.5 Å². The topological polar surface area (TPSA) is 59.0 Å². The molecule has 0 saturated carbocycles. The van der Waals surface area contributed by atoms with Crippen molar-refractivity contribution in [3.8, 4) is 11.5 Å². The first-order valence-corrected chi connectivity index (χ1v) is 7.54. The van der Waals surface area contributed by atoms with Crippen molar-refractivity contribution in [2.75, 3.05) is 19.8 Å². The predicted octanol–water partition coefficient (Wildman–Crippen LogP) is 1.83. The predicted molar refractivity (Wildman–Crippen MR) is 77.8 cm³/mol. The lowest BCUT2D eigenvalue weighted by Crippen LogP contribution is -2.37. The van der Waals surface area contributed by atoms with E-state index in [2.05, 4.69) is 0 Å². The molecule has 3 rings (SSSR count). The average molecular weight is 291 g/mol. The highest BCUT2D eigenvalue weighted by atomic mass is 16.6. The summed E-state index contributed by atoms with van der Waals surface area (Å²) >= 11 is 0. The maximum absolute atomic E-state index is 12.8. The number of carbonyl (C=O) groups is 1. The van der Waals surface area contributed by atoms with E-state index in [1.165, 1.54) is 0 Å². The second kappa shape index (κ2) is 5.93. The number of rotatable bonds is 3. The van der Waals surface area contributed by atoms with Crippen LogP contribution in [0, 0.1) is 0 Å². The molecule has 0 spiro atoms. The Morgan fingerprint density at radius 3 is 3.05 bits per heavy atom. The Morgan fingerprint density at radius 2 is 2.24 bits per heavy atom. The summed E-state index contributed by atoms with van der Waals surface area (Å²) in [5.74, 6) is 1.16. The number of hydrogen-bond acceptors (Lipinski definition) is 4. The summed E-state index contributed by atoms with van der Waals surface area (Å²) in [6, 6.07) is 5.54. The second-order valence-electron chi connectivity index (χ2n) is 5.71. The highest BCUT2D eigenvalue weighted by Gasteiger charge is 2.32. The van der Waals surface area contributed by atoms with Gasteiger partial charge in [0.05, 0.1) is 11.7 Å². The molecule has 2 unspecified atom stereocenters. The molecule has 2 aliphatic heterocycles. The van der Waals surface area contributed by atoms with Crippen LogP contribution in [-0.2, 0) is 0 Å². The number of aliphatic hydroxyl groups is 1. The first-order valence-electron chi connectivity index (χ1n) is 7.54. The SMILES string of the molecule is CC(O)CC1CCCN1C(=O)c1cccc2c1OCCO2. The molecule has 1 aromatic carbocycles. The molecule has 2 heterocycles. The second-order valence-corrected chi connectivity index (χ2v) is 5.71. The normalized spacial score (nSPS) is 22.2. The molecule has 1 saturated heterocycles. The smallest absolute Gasteiger partial charge is 0.258 e. The molecule has 1 aromatic rings. The highest BCUT2D eigenvalue weighted by molar-refractivity contribution is 5.98. The molecule has 2 atom stereocenters. The molecule has 1 fully saturated rings. The van der Waals surface area contributed by atoms with Gasteiger partial charge in [0.2, 0.25) is 0 Å². The van der Waals surface area contributed by atoms with E-state index in [0.717, 1.165) is 19.4 Å². The third-order valence-corrected chi connectivity index (χ3v) is 4.05. The third kappa shape index (κ3) is 2.83. The molecule has 0 aromatic heterocycles. The molecule has 0 radical (unpaired) electrons. The Balaban J connectivity index is 1.85. The zero-order valence-electron chi connectivity index (χ0n) is 12.2. The van der Waals surface area contributed by atoms with Crippen molar-refractivity contribution in [1.29, 1.82) is 0 Å². The summed E-state index contributed by atoms with van der Waals surface area (Å²) < 4.78 is 11.2. The van der Waals surface area contributed by atoms with Crippen LogP contribution in [0.4, 0.5) is 0 Å². The van der Waals surface area contributed by atoms with E-state index in [4.69, 9.17) is 9.47 Å². The molecule has 21 heavy (non-hydrogen) atoms. The van der Waals surface area contributed by atoms with Crippen LogP contribution in [0.2, 0.25) is 0 Å². The summed E-state index contributed by atoms with van der Waals surface area (Å²) in [6.07, 6.45) is 2.16. The summed E-state index contributed by atoms with van der Waals surface area (Å²) in [6.45, 7) is 3.48. The van der Waals surface area contributed by atoms with Crippen molar-refractivity contribution in [1.82, 2.24) is 4.90 Å². The minimum atomic E-state index is -0.396. The van der Waals surface area contributed by atoms with Gasteiger partial charge in [-0.3, -0.25) is 4.79 Å². The fourth-order valence-electron chi connectivity index (χ4n) is 3.14. The summed E-state index contributed by atoms with van der Waals surface area (Å²) in [7, 11) is 0. The Morgan fingerprint density at radius 1 is 1.43 bits per heavy atom. The van der Waals surface area contributed by atoms with Crippen molar-refractivity contribution < 1.29 is 19.4 Å². The number of likely N-dealkylation sites (tertiary alicyclic amines) is 1. The molecule has 0 bridgehead atoms. The van der Waals surface area contributed by atoms with Crippen LogP contribution < -0.4 is 9.47 Å². The van der Waals surface area contributed by atoms with Gasteiger partial charge in [0.1, 0.15) is 13.2 Å². The number of aliphatic hydroxyl groups excluding tert-OH is 1. The lowest BCUT2D eigenvalue weighted by atomic mass is 10.1. The lowest BCUT2D eigenvalue weighted by molar-refractivity contribution is 0.0672. The van der Waals surface area contributed by atoms with Gasteiger partial charge >= 0.3 is 0 Å². The molecule has 1 N–H and O–H groups in total. The molecule has 2 aliphatic rings. The Bertz CT molecular complexity index is 529. The Labute approximate surface area is 124 Å². The molecule has 5 heteroatoms. The van der Waals surface area contributed by atoms with Crippen LogP contribution in [0.1, 0.15) is 36.5 Å². The molecule has 114 valence electrons. The van der Waals surface area contributed by atoms with Crippen LogP contribution in [-0.4, -0.2) is 47.8 Å². The number of para-hydroxylation sites is 1. The van der Waals surface area contributed by atoms with E-state index in [0.29, 0.717) is 36.7 Å². The van der Waals surface area contributed by atoms with Gasteiger partial charge in [0.15, 0.2) is 11.5 Å². The fourth-order valence-corrected chi connectivity index (χ4v) is 3.14. The number of carbonyl (C=O) groups excluding carboxylic acids is 1. The van der Waals surface area contributed by atoms with Gasteiger partial charge in [-0.1, -0.05) is 6.07 Å². The highest BCUT2D eigenvalue weighted by Crippen LogP contribution is 2.35. The van der Waals surface area contributed by atoms with Crippen LogP contribution in [0.3, 0.4) is 0 Å². The van der Waals surface area contributed by atoms with Gasteiger partial charge in [0, 0.05) is 12.6 Å². The zero-order valence-corrected chi connectivity index (χ0v) is 12.2. The number of amides is 1. The van der Waals surface area contributed by atoms with E-state index >= 15 is 0 Å². The van der Waals surface area contributed by atoms with Gasteiger partial charge in [-0.25, -0.2) is 0 Å². The van der Waals surface area contributed by atoms with Gasteiger partial charge in [0.25, 0.3) is 5.91 Å². The molecule has 5 nitrogen and oxygen atoms in total. The number of hydrogen-bond donors (Lipinski definition) is 1. The van der Waals surface area contributed by atoms with Gasteiger partial charge in [-0.15, -0.1) is 0 Å². The Kier molecular flexibility index (Phi) is 4.01. The van der Waals surface area contributed by atoms with Crippen molar-refractivity contribution in [3.05, 3.63) is 23.8 Å². The van der Waals surface area contributed by atoms with E-state index in [9.17, 15) is 9.90 Å². The van der Waals surface area contributed by atoms with Crippen LogP contribution in [0.25, 0.3) is 0 Å². The van der Waals surface area contributed by atoms with E-state index in [1.54, 1.807) is 13.0 Å².